The first-order chi connectivity index (χ1) is 15.2. The number of hydrazone groups is 1. The number of fused-ring (bicyclic) bond motifs is 3. The smallest absolute Gasteiger partial charge is 0.214 e. The Morgan fingerprint density at radius 2 is 1.61 bits per heavy atom. The zero-order valence-corrected chi connectivity index (χ0v) is 17.7. The number of methoxy groups -OCH3 is 3. The molecule has 0 bridgehead atoms. The van der Waals surface area contributed by atoms with Crippen molar-refractivity contribution in [2.75, 3.05) is 21.3 Å². The van der Waals surface area contributed by atoms with E-state index in [9.17, 15) is 0 Å². The van der Waals surface area contributed by atoms with Crippen molar-refractivity contribution in [3.05, 3.63) is 83.4 Å². The van der Waals surface area contributed by atoms with Gasteiger partial charge in [-0.15, -0.1) is 0 Å². The Morgan fingerprint density at radius 1 is 0.871 bits per heavy atom. The van der Waals surface area contributed by atoms with E-state index in [0.29, 0.717) is 0 Å². The molecule has 2 heterocycles. The third-order valence-corrected chi connectivity index (χ3v) is 5.78. The highest BCUT2D eigenvalue weighted by Crippen LogP contribution is 2.50. The topological polar surface area (TPSA) is 52.5 Å². The van der Waals surface area contributed by atoms with E-state index in [4.69, 9.17) is 24.0 Å². The van der Waals surface area contributed by atoms with E-state index in [1.807, 2.05) is 59.6 Å². The number of rotatable bonds is 5. The van der Waals surface area contributed by atoms with Crippen LogP contribution in [0.5, 0.6) is 23.0 Å². The molecule has 0 amide bonds. The van der Waals surface area contributed by atoms with Gasteiger partial charge in [-0.1, -0.05) is 36.4 Å². The molecule has 31 heavy (non-hydrogen) atoms. The van der Waals surface area contributed by atoms with Gasteiger partial charge in [0, 0.05) is 23.1 Å². The second kappa shape index (κ2) is 7.87. The minimum absolute atomic E-state index is 0.0382. The van der Waals surface area contributed by atoms with Gasteiger partial charge in [-0.3, -0.25) is 0 Å². The Hall–Kier alpha value is -3.67. The molecule has 3 aromatic rings. The summed E-state index contributed by atoms with van der Waals surface area (Å²) in [6, 6.07) is 22.0. The summed E-state index contributed by atoms with van der Waals surface area (Å²) >= 11 is 0. The van der Waals surface area contributed by atoms with Gasteiger partial charge in [0.15, 0.2) is 11.5 Å². The van der Waals surface area contributed by atoms with E-state index in [2.05, 4.69) is 12.1 Å². The Balaban J connectivity index is 1.61. The van der Waals surface area contributed by atoms with Crippen molar-refractivity contribution < 1.29 is 18.9 Å². The van der Waals surface area contributed by atoms with E-state index in [1.165, 1.54) is 0 Å². The molecule has 2 unspecified atom stereocenters. The van der Waals surface area contributed by atoms with Gasteiger partial charge in [0.05, 0.1) is 33.1 Å². The summed E-state index contributed by atoms with van der Waals surface area (Å²) in [7, 11) is 5.00. The van der Waals surface area contributed by atoms with Gasteiger partial charge < -0.3 is 18.9 Å². The van der Waals surface area contributed by atoms with Crippen molar-refractivity contribution in [3.63, 3.8) is 0 Å². The zero-order valence-electron chi connectivity index (χ0n) is 17.7. The maximum absolute atomic E-state index is 6.50. The normalized spacial score (nSPS) is 19.1. The molecule has 158 valence electrons. The minimum Gasteiger partial charge on any atom is -0.497 e. The second-order valence-corrected chi connectivity index (χ2v) is 7.50. The van der Waals surface area contributed by atoms with Crippen LogP contribution in [-0.4, -0.2) is 32.0 Å². The molecular formula is C25H24N2O4. The Labute approximate surface area is 181 Å². The molecule has 2 aliphatic rings. The van der Waals surface area contributed by atoms with Crippen LogP contribution in [0, 0.1) is 0 Å². The first kappa shape index (κ1) is 19.3. The van der Waals surface area contributed by atoms with Crippen molar-refractivity contribution in [2.45, 2.75) is 18.7 Å². The van der Waals surface area contributed by atoms with Crippen LogP contribution < -0.4 is 18.9 Å². The Morgan fingerprint density at radius 3 is 2.39 bits per heavy atom. The molecule has 5 rings (SSSR count). The summed E-state index contributed by atoms with van der Waals surface area (Å²) in [6.07, 6.45) is 0.365. The third kappa shape index (κ3) is 3.34. The summed E-state index contributed by atoms with van der Waals surface area (Å²) in [5, 5.41) is 7.06. The maximum Gasteiger partial charge on any atom is 0.214 e. The Kier molecular flexibility index (Phi) is 4.90. The molecule has 0 aromatic heterocycles. The molecule has 0 spiro atoms. The first-order valence-corrected chi connectivity index (χ1v) is 10.2. The number of hydrogen-bond donors (Lipinski definition) is 0. The van der Waals surface area contributed by atoms with Gasteiger partial charge in [-0.05, 0) is 30.3 Å². The van der Waals surface area contributed by atoms with Crippen molar-refractivity contribution >= 4 is 5.71 Å². The molecule has 0 fully saturated rings. The van der Waals surface area contributed by atoms with Crippen LogP contribution in [0.25, 0.3) is 0 Å². The van der Waals surface area contributed by atoms with Crippen LogP contribution in [-0.2, 0) is 0 Å². The third-order valence-electron chi connectivity index (χ3n) is 5.78. The van der Waals surface area contributed by atoms with Gasteiger partial charge in [0.2, 0.25) is 6.23 Å². The van der Waals surface area contributed by atoms with Crippen molar-refractivity contribution in [2.24, 2.45) is 5.10 Å². The monoisotopic (exact) mass is 416 g/mol. The summed E-state index contributed by atoms with van der Waals surface area (Å²) < 4.78 is 23.0. The van der Waals surface area contributed by atoms with E-state index in [0.717, 1.165) is 51.8 Å². The molecule has 6 heteroatoms. The van der Waals surface area contributed by atoms with Gasteiger partial charge in [-0.2, -0.15) is 5.10 Å². The SMILES string of the molecule is COc1cccc(C2=NN3C(C2)c2cccc(OC)c2OC3c2cccc(OC)c2)c1. The molecule has 0 radical (unpaired) electrons. The predicted molar refractivity (Wildman–Crippen MR) is 118 cm³/mol. The molecule has 0 aliphatic carbocycles. The van der Waals surface area contributed by atoms with E-state index in [-0.39, 0.29) is 6.04 Å². The number of nitrogens with zero attached hydrogens (tertiary/aromatic N) is 2. The summed E-state index contributed by atoms with van der Waals surface area (Å²) in [5.74, 6) is 3.08. The first-order valence-electron chi connectivity index (χ1n) is 10.2. The lowest BCUT2D eigenvalue weighted by molar-refractivity contribution is -0.0210. The predicted octanol–water partition coefficient (Wildman–Crippen LogP) is 4.95. The highest BCUT2D eigenvalue weighted by atomic mass is 16.5. The second-order valence-electron chi connectivity index (χ2n) is 7.50. The number of benzene rings is 3. The molecule has 0 saturated heterocycles. The zero-order chi connectivity index (χ0) is 21.4. The molecule has 6 nitrogen and oxygen atoms in total. The van der Waals surface area contributed by atoms with Crippen LogP contribution >= 0.6 is 0 Å². The molecule has 2 aliphatic heterocycles. The van der Waals surface area contributed by atoms with Gasteiger partial charge in [0.1, 0.15) is 11.5 Å². The van der Waals surface area contributed by atoms with E-state index in [1.54, 1.807) is 21.3 Å². The largest absolute Gasteiger partial charge is 0.497 e. The molecule has 0 N–H and O–H groups in total. The van der Waals surface area contributed by atoms with Gasteiger partial charge in [0.25, 0.3) is 0 Å². The van der Waals surface area contributed by atoms with E-state index >= 15 is 0 Å². The highest BCUT2D eigenvalue weighted by molar-refractivity contribution is 6.02. The van der Waals surface area contributed by atoms with Crippen molar-refractivity contribution in [1.82, 2.24) is 5.01 Å². The highest BCUT2D eigenvalue weighted by Gasteiger charge is 2.42. The van der Waals surface area contributed by atoms with Crippen molar-refractivity contribution in [1.29, 1.82) is 0 Å². The number of ether oxygens (including phenoxy) is 4. The quantitative estimate of drug-likeness (QED) is 0.589. The number of para-hydroxylation sites is 1. The standard InChI is InChI=1S/C25H24N2O4/c1-28-18-9-4-7-16(13-18)21-15-22-20-11-6-12-23(30-3)24(20)31-25(27(22)26-21)17-8-5-10-19(14-17)29-2/h4-14,22,25H,15H2,1-3H3. The van der Waals surface area contributed by atoms with Crippen LogP contribution in [0.3, 0.4) is 0 Å². The van der Waals surface area contributed by atoms with Crippen LogP contribution in [0.4, 0.5) is 0 Å². The molecule has 2 atom stereocenters. The average Bonchev–Trinajstić information content (AvgIpc) is 3.29. The Bertz CT molecular complexity index is 1140. The fraction of sp³-hybridized carbons (Fsp3) is 0.240. The fourth-order valence-electron chi connectivity index (χ4n) is 4.24. The van der Waals surface area contributed by atoms with Gasteiger partial charge >= 0.3 is 0 Å². The van der Waals surface area contributed by atoms with Gasteiger partial charge in [-0.25, -0.2) is 5.01 Å². The fourth-order valence-corrected chi connectivity index (χ4v) is 4.24. The lowest BCUT2D eigenvalue weighted by Gasteiger charge is -2.38. The average molecular weight is 416 g/mol. The lowest BCUT2D eigenvalue weighted by atomic mass is 9.95. The maximum atomic E-state index is 6.50. The van der Waals surface area contributed by atoms with Crippen LogP contribution in [0.1, 0.15) is 35.4 Å². The summed E-state index contributed by atoms with van der Waals surface area (Å²) in [5.41, 5.74) is 4.08. The van der Waals surface area contributed by atoms with E-state index < -0.39 is 6.23 Å². The molecule has 3 aromatic carbocycles. The molecular weight excluding hydrogens is 392 g/mol. The van der Waals surface area contributed by atoms with Crippen LogP contribution in [0.2, 0.25) is 0 Å². The summed E-state index contributed by atoms with van der Waals surface area (Å²) in [4.78, 5) is 0. The summed E-state index contributed by atoms with van der Waals surface area (Å²) in [6.45, 7) is 0. The molecule has 0 saturated carbocycles. The van der Waals surface area contributed by atoms with Crippen LogP contribution in [0.15, 0.2) is 71.8 Å². The lowest BCUT2D eigenvalue weighted by Crippen LogP contribution is -2.33. The number of hydrogen-bond acceptors (Lipinski definition) is 6. The minimum atomic E-state index is -0.396. The van der Waals surface area contributed by atoms with Crippen molar-refractivity contribution in [3.8, 4) is 23.0 Å².